The fourth-order valence-electron chi connectivity index (χ4n) is 2.51. The highest BCUT2D eigenvalue weighted by molar-refractivity contribution is 5.22. The van der Waals surface area contributed by atoms with Crippen molar-refractivity contribution < 1.29 is 4.39 Å². The van der Waals surface area contributed by atoms with Crippen LogP contribution in [0.25, 0.3) is 0 Å². The molecule has 0 spiro atoms. The molecular weight excluding hydrogens is 249 g/mol. The Balaban J connectivity index is 1.92. The molecule has 2 aromatic carbocycles. The van der Waals surface area contributed by atoms with E-state index in [0.717, 1.165) is 24.8 Å². The maximum absolute atomic E-state index is 13.2. The molecule has 0 saturated carbocycles. The van der Waals surface area contributed by atoms with Crippen LogP contribution < -0.4 is 5.32 Å². The van der Waals surface area contributed by atoms with E-state index in [-0.39, 0.29) is 5.82 Å². The van der Waals surface area contributed by atoms with Crippen LogP contribution in [-0.2, 0) is 12.8 Å². The average molecular weight is 271 g/mol. The van der Waals surface area contributed by atoms with Crippen LogP contribution in [0.15, 0.2) is 48.5 Å². The second-order valence-corrected chi connectivity index (χ2v) is 5.35. The smallest absolute Gasteiger partial charge is 0.123 e. The van der Waals surface area contributed by atoms with Gasteiger partial charge in [0.25, 0.3) is 0 Å². The van der Waals surface area contributed by atoms with Gasteiger partial charge in [-0.25, -0.2) is 4.39 Å². The summed E-state index contributed by atoms with van der Waals surface area (Å²) < 4.78 is 13.2. The van der Waals surface area contributed by atoms with Crippen LogP contribution in [0.2, 0.25) is 0 Å². The number of hydrogen-bond donors (Lipinski definition) is 1. The first kappa shape index (κ1) is 14.7. The summed E-state index contributed by atoms with van der Waals surface area (Å²) in [6.07, 6.45) is 2.96. The fraction of sp³-hybridized carbons (Fsp3) is 0.333. The molecule has 1 N–H and O–H groups in total. The molecule has 2 rings (SSSR count). The standard InChI is InChI=1S/C18H22FN/c1-14-5-3-6-15(11-14)9-10-18(20-2)13-16-7-4-8-17(19)12-16/h3-8,11-12,18,20H,9-10,13H2,1-2H3. The molecule has 0 bridgehead atoms. The molecule has 0 radical (unpaired) electrons. The van der Waals surface area contributed by atoms with Gasteiger partial charge in [-0.2, -0.15) is 0 Å². The Morgan fingerprint density at radius 1 is 1.05 bits per heavy atom. The van der Waals surface area contributed by atoms with Gasteiger partial charge in [0, 0.05) is 6.04 Å². The first-order chi connectivity index (χ1) is 9.67. The maximum Gasteiger partial charge on any atom is 0.123 e. The van der Waals surface area contributed by atoms with Crippen LogP contribution in [0.4, 0.5) is 4.39 Å². The van der Waals surface area contributed by atoms with E-state index >= 15 is 0 Å². The first-order valence-electron chi connectivity index (χ1n) is 7.14. The van der Waals surface area contributed by atoms with Crippen molar-refractivity contribution in [1.82, 2.24) is 5.32 Å². The highest BCUT2D eigenvalue weighted by Gasteiger charge is 2.08. The summed E-state index contributed by atoms with van der Waals surface area (Å²) in [4.78, 5) is 0. The van der Waals surface area contributed by atoms with Crippen molar-refractivity contribution in [3.8, 4) is 0 Å². The monoisotopic (exact) mass is 271 g/mol. The third-order valence-corrected chi connectivity index (χ3v) is 3.64. The van der Waals surface area contributed by atoms with Gasteiger partial charge in [-0.05, 0) is 56.5 Å². The Labute approximate surface area is 120 Å². The average Bonchev–Trinajstić information content (AvgIpc) is 2.43. The number of halogens is 1. The Bertz CT molecular complexity index is 551. The van der Waals surface area contributed by atoms with Gasteiger partial charge in [-0.15, -0.1) is 0 Å². The molecule has 0 aliphatic heterocycles. The van der Waals surface area contributed by atoms with Crippen molar-refractivity contribution in [1.29, 1.82) is 0 Å². The normalized spacial score (nSPS) is 12.3. The van der Waals surface area contributed by atoms with Crippen molar-refractivity contribution in [2.75, 3.05) is 7.05 Å². The van der Waals surface area contributed by atoms with E-state index in [2.05, 4.69) is 36.5 Å². The SMILES string of the molecule is CNC(CCc1cccc(C)c1)Cc1cccc(F)c1. The number of hydrogen-bond acceptors (Lipinski definition) is 1. The van der Waals surface area contributed by atoms with Crippen LogP contribution in [0, 0.1) is 12.7 Å². The Morgan fingerprint density at radius 3 is 2.50 bits per heavy atom. The van der Waals surface area contributed by atoms with Crippen LogP contribution in [0.1, 0.15) is 23.1 Å². The number of rotatable bonds is 6. The summed E-state index contributed by atoms with van der Waals surface area (Å²) in [5.74, 6) is -0.156. The van der Waals surface area contributed by atoms with Crippen molar-refractivity contribution in [2.24, 2.45) is 0 Å². The molecule has 0 aromatic heterocycles. The highest BCUT2D eigenvalue weighted by Crippen LogP contribution is 2.12. The van der Waals surface area contributed by atoms with E-state index in [1.54, 1.807) is 12.1 Å². The maximum atomic E-state index is 13.2. The lowest BCUT2D eigenvalue weighted by Crippen LogP contribution is -2.28. The minimum absolute atomic E-state index is 0.156. The van der Waals surface area contributed by atoms with Crippen molar-refractivity contribution in [3.05, 3.63) is 71.0 Å². The first-order valence-corrected chi connectivity index (χ1v) is 7.14. The van der Waals surface area contributed by atoms with E-state index in [1.165, 1.54) is 17.2 Å². The van der Waals surface area contributed by atoms with Crippen molar-refractivity contribution >= 4 is 0 Å². The lowest BCUT2D eigenvalue weighted by atomic mass is 9.98. The Hall–Kier alpha value is -1.67. The molecule has 2 aromatic rings. The van der Waals surface area contributed by atoms with Gasteiger partial charge >= 0.3 is 0 Å². The number of benzene rings is 2. The zero-order chi connectivity index (χ0) is 14.4. The zero-order valence-electron chi connectivity index (χ0n) is 12.2. The van der Waals surface area contributed by atoms with Crippen LogP contribution in [0.3, 0.4) is 0 Å². The molecule has 2 heteroatoms. The second kappa shape index (κ2) is 7.20. The van der Waals surface area contributed by atoms with Gasteiger partial charge in [0.1, 0.15) is 5.82 Å². The van der Waals surface area contributed by atoms with Crippen LogP contribution >= 0.6 is 0 Å². The number of aryl methyl sites for hydroxylation is 2. The highest BCUT2D eigenvalue weighted by atomic mass is 19.1. The molecule has 1 atom stereocenters. The van der Waals surface area contributed by atoms with Crippen LogP contribution in [0.5, 0.6) is 0 Å². The van der Waals surface area contributed by atoms with E-state index < -0.39 is 0 Å². The largest absolute Gasteiger partial charge is 0.317 e. The second-order valence-electron chi connectivity index (χ2n) is 5.35. The van der Waals surface area contributed by atoms with Gasteiger partial charge in [0.2, 0.25) is 0 Å². The van der Waals surface area contributed by atoms with Gasteiger partial charge in [-0.3, -0.25) is 0 Å². The van der Waals surface area contributed by atoms with Crippen molar-refractivity contribution in [2.45, 2.75) is 32.2 Å². The van der Waals surface area contributed by atoms with Crippen molar-refractivity contribution in [3.63, 3.8) is 0 Å². The summed E-state index contributed by atoms with van der Waals surface area (Å²) in [6.45, 7) is 2.12. The van der Waals surface area contributed by atoms with Gasteiger partial charge in [0.15, 0.2) is 0 Å². The minimum Gasteiger partial charge on any atom is -0.317 e. The lowest BCUT2D eigenvalue weighted by molar-refractivity contribution is 0.518. The molecule has 0 heterocycles. The van der Waals surface area contributed by atoms with Gasteiger partial charge in [-0.1, -0.05) is 42.0 Å². The summed E-state index contributed by atoms with van der Waals surface area (Å²) in [7, 11) is 1.97. The van der Waals surface area contributed by atoms with E-state index in [4.69, 9.17) is 0 Å². The van der Waals surface area contributed by atoms with Crippen LogP contribution in [-0.4, -0.2) is 13.1 Å². The topological polar surface area (TPSA) is 12.0 Å². The molecule has 106 valence electrons. The predicted molar refractivity (Wildman–Crippen MR) is 82.5 cm³/mol. The Kier molecular flexibility index (Phi) is 5.31. The quantitative estimate of drug-likeness (QED) is 0.840. The molecular formula is C18H22FN. The van der Waals surface area contributed by atoms with E-state index in [9.17, 15) is 4.39 Å². The molecule has 0 aliphatic carbocycles. The zero-order valence-corrected chi connectivity index (χ0v) is 12.2. The summed E-state index contributed by atoms with van der Waals surface area (Å²) in [6, 6.07) is 15.9. The fourth-order valence-corrected chi connectivity index (χ4v) is 2.51. The third-order valence-electron chi connectivity index (χ3n) is 3.64. The molecule has 20 heavy (non-hydrogen) atoms. The Morgan fingerprint density at radius 2 is 1.80 bits per heavy atom. The molecule has 0 amide bonds. The summed E-state index contributed by atoms with van der Waals surface area (Å²) >= 11 is 0. The van der Waals surface area contributed by atoms with Gasteiger partial charge in [0.05, 0.1) is 0 Å². The minimum atomic E-state index is -0.156. The number of nitrogens with one attached hydrogen (secondary N) is 1. The molecule has 0 saturated heterocycles. The summed E-state index contributed by atoms with van der Waals surface area (Å²) in [5.41, 5.74) is 3.71. The van der Waals surface area contributed by atoms with E-state index in [1.807, 2.05) is 13.1 Å². The molecule has 0 aliphatic rings. The number of likely N-dealkylation sites (N-methyl/N-ethyl adjacent to an activating group) is 1. The lowest BCUT2D eigenvalue weighted by Gasteiger charge is -2.16. The predicted octanol–water partition coefficient (Wildman–Crippen LogP) is 3.90. The summed E-state index contributed by atoms with van der Waals surface area (Å²) in [5, 5.41) is 3.33. The third kappa shape index (κ3) is 4.46. The van der Waals surface area contributed by atoms with E-state index in [0.29, 0.717) is 6.04 Å². The molecule has 1 unspecified atom stereocenters. The molecule has 1 nitrogen and oxygen atoms in total. The molecule has 0 fully saturated rings. The van der Waals surface area contributed by atoms with Gasteiger partial charge < -0.3 is 5.32 Å².